The van der Waals surface area contributed by atoms with Crippen LogP contribution >= 0.6 is 33.7 Å². The van der Waals surface area contributed by atoms with E-state index in [1.165, 1.54) is 57.9 Å². The molecule has 0 radical (unpaired) electrons. The Balaban J connectivity index is 0.757. The van der Waals surface area contributed by atoms with Crippen molar-refractivity contribution in [2.45, 2.75) is 166 Å². The van der Waals surface area contributed by atoms with Gasteiger partial charge < -0.3 is 124 Å². The maximum absolute atomic E-state index is 14.7. The summed E-state index contributed by atoms with van der Waals surface area (Å²) in [5, 5.41) is 0. The number of aromatic amines is 3. The smallest absolute Gasteiger partial charge is 0.351 e. The number of nitrogens with zero attached hydrogens (tertiary/aromatic N) is 11. The number of imidazole rings is 2. The fourth-order valence-electron chi connectivity index (χ4n) is 12.8. The molecular formula is C55H72N18O26P5S5-5. The number of aryl methyl sites for hydroxylation is 2. The maximum atomic E-state index is 14.7. The number of nitrogens with two attached hydrogens (primary N) is 4. The molecule has 109 heavy (non-hydrogen) atoms. The van der Waals surface area contributed by atoms with Gasteiger partial charge in [0, 0.05) is 55.4 Å². The van der Waals surface area contributed by atoms with Gasteiger partial charge in [-0.15, -0.1) is 0 Å². The Morgan fingerprint density at radius 1 is 0.523 bits per heavy atom. The van der Waals surface area contributed by atoms with Gasteiger partial charge in [-0.05, 0) is 52.0 Å². The quantitative estimate of drug-likeness (QED) is 0.0203. The van der Waals surface area contributed by atoms with Gasteiger partial charge in [-0.25, -0.2) is 24.4 Å². The minimum absolute atomic E-state index is 0.00468. The molecule has 7 aromatic heterocycles. The van der Waals surface area contributed by atoms with E-state index in [2.05, 4.69) is 44.9 Å². The monoisotopic (exact) mass is 1720 g/mol. The van der Waals surface area contributed by atoms with Gasteiger partial charge in [-0.3, -0.25) is 56.7 Å². The molecule has 20 atom stereocenters. The molecule has 12 rings (SSSR count). The third kappa shape index (κ3) is 19.9. The van der Waals surface area contributed by atoms with Crippen LogP contribution in [0.1, 0.15) is 102 Å². The van der Waals surface area contributed by atoms with Crippen LogP contribution in [0.25, 0.3) is 22.3 Å². The summed E-state index contributed by atoms with van der Waals surface area (Å²) in [4.78, 5) is 165. The molecule has 0 amide bonds. The molecule has 5 aliphatic heterocycles. The fraction of sp³-hybridized carbons (Fsp3) is 0.600. The Morgan fingerprint density at radius 2 is 0.927 bits per heavy atom. The average molecular weight is 1720 g/mol. The van der Waals surface area contributed by atoms with Crippen LogP contribution in [0.4, 0.5) is 23.5 Å². The molecule has 0 saturated carbocycles. The first kappa shape index (κ1) is 83.2. The number of fused-ring (bicyclic) bond motifs is 2. The first-order chi connectivity index (χ1) is 51.2. The van der Waals surface area contributed by atoms with E-state index >= 15 is 0 Å². The lowest BCUT2D eigenvalue weighted by Gasteiger charge is -2.36. The SMILES string of the molecule is Cc1cn([C@H]2CC(OP(=O)([S-])OC[C@H]3O[C@@H](n4cnc5c(=O)[nH]c(N)nc54)CC3OP([O-])(=S)OC[C@H]3O[C@@H](n4cc(C)c(=O)[nH]c4=O)CC3OP([O-])(=S)OC[C@H]3O[C@@H](n4ccc(N)nc4=O)CC3C(C)C)[C@@H](COP([O-])(=S)OC3C[C@H](n4cnc5c(=O)[nH]c(N)nc54)O[C@@H]3COP([O-])(=S)OC(C)C)O2)c(=O)nc1N. The first-order valence-corrected chi connectivity index (χ1v) is 45.9. The molecule has 54 heteroatoms. The molecule has 5 fully saturated rings. The van der Waals surface area contributed by atoms with Crippen molar-refractivity contribution in [1.29, 1.82) is 0 Å². The lowest BCUT2D eigenvalue weighted by Crippen LogP contribution is -2.34. The van der Waals surface area contributed by atoms with E-state index in [0.29, 0.717) is 12.0 Å². The summed E-state index contributed by atoms with van der Waals surface area (Å²) in [7, 11) is 0. The first-order valence-electron chi connectivity index (χ1n) is 33.1. The molecule has 44 nitrogen and oxygen atoms in total. The van der Waals surface area contributed by atoms with Crippen molar-refractivity contribution >= 4 is 139 Å². The van der Waals surface area contributed by atoms with E-state index in [1.54, 1.807) is 20.8 Å². The number of hydrogen-bond donors (Lipinski definition) is 7. The van der Waals surface area contributed by atoms with E-state index in [-0.39, 0.29) is 95.5 Å². The van der Waals surface area contributed by atoms with E-state index in [9.17, 15) is 52.9 Å². The molecule has 5 aliphatic rings. The Kier molecular flexibility index (Phi) is 25.4. The topological polar surface area (TPSA) is 604 Å². The normalized spacial score (nSPS) is 28.8. The van der Waals surface area contributed by atoms with Crippen LogP contribution in [-0.4, -0.2) is 162 Å². The summed E-state index contributed by atoms with van der Waals surface area (Å²) in [6.07, 6.45) is -13.1. The Labute approximate surface area is 640 Å². The van der Waals surface area contributed by atoms with Crippen molar-refractivity contribution in [3.63, 3.8) is 0 Å². The van der Waals surface area contributed by atoms with Crippen LogP contribution in [0.15, 0.2) is 66.1 Å². The van der Waals surface area contributed by atoms with Crippen molar-refractivity contribution in [3.05, 3.63) is 111 Å². The number of anilines is 4. The lowest BCUT2D eigenvalue weighted by molar-refractivity contribution is -0.220. The standard InChI is InChI=1S/C55H77N18O26P5S5/c1-23(2)27-9-38(69-8-7-37(56)62-53(69)77)90-32(27)16-85-101(81,106)96-29-11-40(71-15-26(6)48(74)68-55(71)79)92-34(29)19-88-104(84,109)99-31-13-42(73-22-61-44-47(73)65-52(59)67-50(44)76)94-36(31)20-89-102(82,107)97-28-10-39(70-14-25(5)45(57)63-54(70)78)91-33(28)18-87-103(83,108)98-30-12-41(93-35(30)17-86-100(80,105)95-24(3)4)72-21-60-43-46(72)64-51(58)66-49(43)75/h7-8,14-15,21-24,27-36,38-42H,9-13,16-20H2,1-6H3,(H,80,105)(H,81,106)(H,82,107)(H,83,108)(H,84,109)(H2,56,62,77)(H2,57,63,78)(H,68,74,79)(H3,58,64,66,75)(H3,59,65,67,76)/p-5/t27?,28?,29?,30?,31?,32-,33-,34-,35-,36-,38-,39-,40-,41-,42-,100?,101?,102?,103?,104?/m1/s1. The third-order valence-corrected chi connectivity index (χ3v) is 25.9. The maximum Gasteiger partial charge on any atom is 0.351 e. The molecule has 11 N–H and O–H groups in total. The van der Waals surface area contributed by atoms with Gasteiger partial charge in [0.25, 0.3) is 16.7 Å². The third-order valence-electron chi connectivity index (χ3n) is 17.9. The minimum atomic E-state index is -4.91. The average Bonchev–Trinajstić information content (AvgIpc) is 1.76. The zero-order valence-electron chi connectivity index (χ0n) is 58.0. The predicted octanol–water partition coefficient (Wildman–Crippen LogP) is -0.985. The molecule has 598 valence electrons. The van der Waals surface area contributed by atoms with Crippen LogP contribution in [0, 0.1) is 25.7 Å². The molecule has 0 bridgehead atoms. The summed E-state index contributed by atoms with van der Waals surface area (Å²) < 4.78 is 110. The van der Waals surface area contributed by atoms with Crippen LogP contribution in [0.5, 0.6) is 0 Å². The predicted molar refractivity (Wildman–Crippen MR) is 390 cm³/mol. The second-order valence-electron chi connectivity index (χ2n) is 26.2. The highest BCUT2D eigenvalue weighted by molar-refractivity contribution is 8.32. The van der Waals surface area contributed by atoms with Crippen LogP contribution in [0.2, 0.25) is 0 Å². The number of nitrogen functional groups attached to an aromatic ring is 4. The van der Waals surface area contributed by atoms with Crippen LogP contribution in [-0.2, 0) is 133 Å². The van der Waals surface area contributed by atoms with E-state index in [4.69, 9.17) is 151 Å². The molecule has 0 aromatic carbocycles. The second-order valence-corrected chi connectivity index (χ2v) is 39.8. The van der Waals surface area contributed by atoms with Gasteiger partial charge in [-0.2, -0.15) is 19.9 Å². The van der Waals surface area contributed by atoms with Gasteiger partial charge in [0.1, 0.15) is 94.1 Å². The molecule has 0 aliphatic carbocycles. The molecule has 5 saturated heterocycles. The van der Waals surface area contributed by atoms with Crippen molar-refractivity contribution < 1.29 is 93.1 Å². The number of rotatable bonds is 31. The Hall–Kier alpha value is -5.24. The molecule has 7 aromatic rings. The number of ether oxygens (including phenoxy) is 5. The minimum Gasteiger partial charge on any atom is -0.780 e. The summed E-state index contributed by atoms with van der Waals surface area (Å²) >= 11 is 26.9. The number of H-pyrrole nitrogens is 3. The van der Waals surface area contributed by atoms with Crippen molar-refractivity contribution in [2.75, 3.05) is 56.0 Å². The zero-order valence-corrected chi connectivity index (χ0v) is 66.5. The van der Waals surface area contributed by atoms with Gasteiger partial charge in [0.05, 0.1) is 82.3 Å². The Morgan fingerprint density at radius 3 is 1.39 bits per heavy atom. The van der Waals surface area contributed by atoms with E-state index in [1.807, 2.05) is 13.8 Å². The second kappa shape index (κ2) is 33.3. The number of nitrogens with one attached hydrogen (secondary N) is 3. The summed E-state index contributed by atoms with van der Waals surface area (Å²) in [6.45, 7) is -16.8. The number of hydrogen-bond acceptors (Lipinski definition) is 41. The highest BCUT2D eigenvalue weighted by Crippen LogP contribution is 2.55. The van der Waals surface area contributed by atoms with Crippen molar-refractivity contribution in [2.24, 2.45) is 11.8 Å². The largest absolute Gasteiger partial charge is 0.780 e. The highest BCUT2D eigenvalue weighted by Gasteiger charge is 2.47. The van der Waals surface area contributed by atoms with Gasteiger partial charge in [0.2, 0.25) is 11.9 Å². The highest BCUT2D eigenvalue weighted by atomic mass is 32.7. The molecule has 10 unspecified atom stereocenters. The fourth-order valence-corrected chi connectivity index (χ4v) is 20.2. The summed E-state index contributed by atoms with van der Waals surface area (Å²) in [6, 6.07) is 1.43. The lowest BCUT2D eigenvalue weighted by atomic mass is 9.89. The molecule has 0 spiro atoms. The summed E-state index contributed by atoms with van der Waals surface area (Å²) in [5.41, 5.74) is 18.9. The number of aromatic nitrogens is 14. The Bertz CT molecular complexity index is 5210. The van der Waals surface area contributed by atoms with Crippen molar-refractivity contribution in [3.8, 4) is 0 Å². The van der Waals surface area contributed by atoms with E-state index in [0.717, 1.165) is 9.13 Å². The zero-order chi connectivity index (χ0) is 78.7. The summed E-state index contributed by atoms with van der Waals surface area (Å²) in [5.74, 6) is -0.972. The van der Waals surface area contributed by atoms with Crippen LogP contribution < -0.4 is 76.3 Å². The van der Waals surface area contributed by atoms with Crippen LogP contribution in [0.3, 0.4) is 0 Å². The van der Waals surface area contributed by atoms with Gasteiger partial charge in [0.15, 0.2) is 29.1 Å². The molecule has 12 heterocycles. The molecular weight excluding hydrogens is 1640 g/mol. The van der Waals surface area contributed by atoms with Gasteiger partial charge in [-0.1, -0.05) is 61.1 Å². The van der Waals surface area contributed by atoms with Gasteiger partial charge >= 0.3 is 17.1 Å². The van der Waals surface area contributed by atoms with E-state index < -0.39 is 186 Å². The van der Waals surface area contributed by atoms with Crippen molar-refractivity contribution in [1.82, 2.24) is 67.7 Å².